The van der Waals surface area contributed by atoms with E-state index in [1.54, 1.807) is 19.2 Å². The molecule has 1 atom stereocenters. The van der Waals surface area contributed by atoms with E-state index in [2.05, 4.69) is 25.5 Å². The standard InChI is InChI=1S/C15H13ClFN7S/c1-7-11(13(23-18)24-19)12(9-3-2-8(17)6-10(9)16)22-14(21-7)15-20-4-5-25-15/h2-6,12,18,24H,19H2,1H3. The zero-order chi connectivity index (χ0) is 18.0. The number of halogens is 2. The average molecular weight is 378 g/mol. The van der Waals surface area contributed by atoms with Gasteiger partial charge in [-0.15, -0.1) is 16.5 Å². The summed E-state index contributed by atoms with van der Waals surface area (Å²) in [6, 6.07) is 3.40. The summed E-state index contributed by atoms with van der Waals surface area (Å²) in [6.07, 6.45) is 1.66. The molecule has 1 aromatic heterocycles. The summed E-state index contributed by atoms with van der Waals surface area (Å²) in [7, 11) is 0. The van der Waals surface area contributed by atoms with Gasteiger partial charge >= 0.3 is 0 Å². The minimum Gasteiger partial charge on any atom is -0.307 e. The van der Waals surface area contributed by atoms with Crippen LogP contribution < -0.4 is 11.3 Å². The molecule has 10 heteroatoms. The molecule has 2 aromatic rings. The quantitative estimate of drug-likeness (QED) is 0.429. The molecule has 3 rings (SSSR count). The van der Waals surface area contributed by atoms with Gasteiger partial charge in [-0.3, -0.25) is 4.99 Å². The molecule has 1 aliphatic heterocycles. The van der Waals surface area contributed by atoms with Crippen molar-refractivity contribution in [3.8, 4) is 0 Å². The lowest BCUT2D eigenvalue weighted by Crippen LogP contribution is -2.27. The number of hydrogen-bond acceptors (Lipinski definition) is 8. The van der Waals surface area contributed by atoms with Crippen molar-refractivity contribution in [3.05, 3.63) is 62.6 Å². The van der Waals surface area contributed by atoms with Crippen molar-refractivity contribution >= 4 is 34.5 Å². The number of aromatic nitrogens is 1. The molecule has 0 bridgehead atoms. The van der Waals surface area contributed by atoms with Crippen LogP contribution in [-0.2, 0) is 0 Å². The summed E-state index contributed by atoms with van der Waals surface area (Å²) in [5.74, 6) is 5.57. The van der Waals surface area contributed by atoms with Crippen LogP contribution in [-0.4, -0.2) is 16.5 Å². The number of thiazole rings is 1. The fourth-order valence-corrected chi connectivity index (χ4v) is 3.34. The van der Waals surface area contributed by atoms with Crippen molar-refractivity contribution in [2.75, 3.05) is 0 Å². The lowest BCUT2D eigenvalue weighted by molar-refractivity contribution is 0.626. The highest BCUT2D eigenvalue weighted by Gasteiger charge is 2.29. The second kappa shape index (κ2) is 7.18. The van der Waals surface area contributed by atoms with Crippen molar-refractivity contribution < 1.29 is 4.39 Å². The normalized spacial score (nSPS) is 19.1. The van der Waals surface area contributed by atoms with E-state index in [-0.39, 0.29) is 10.8 Å². The molecule has 2 heterocycles. The summed E-state index contributed by atoms with van der Waals surface area (Å²) >= 11 is 7.62. The van der Waals surface area contributed by atoms with Gasteiger partial charge in [-0.25, -0.2) is 25.7 Å². The summed E-state index contributed by atoms with van der Waals surface area (Å²) in [6.45, 7) is 1.75. The molecule has 0 saturated carbocycles. The molecule has 7 nitrogen and oxygen atoms in total. The third-order valence-corrected chi connectivity index (χ3v) is 4.67. The first kappa shape index (κ1) is 17.3. The van der Waals surface area contributed by atoms with E-state index in [1.165, 1.54) is 23.5 Å². The number of nitrogens with two attached hydrogens (primary N) is 1. The smallest absolute Gasteiger partial charge is 0.185 e. The Kier molecular flexibility index (Phi) is 4.98. The molecule has 0 amide bonds. The van der Waals surface area contributed by atoms with Gasteiger partial charge in [0.15, 0.2) is 16.7 Å². The molecular weight excluding hydrogens is 365 g/mol. The molecule has 0 saturated heterocycles. The maximum absolute atomic E-state index is 13.4. The number of aliphatic imine (C=N–C) groups is 2. The minimum atomic E-state index is -0.648. The van der Waals surface area contributed by atoms with Gasteiger partial charge in [0.05, 0.1) is 0 Å². The number of nitrogens with zero attached hydrogens (tertiary/aromatic N) is 4. The predicted octanol–water partition coefficient (Wildman–Crippen LogP) is 3.60. The Morgan fingerprint density at radius 2 is 2.28 bits per heavy atom. The Morgan fingerprint density at radius 1 is 1.48 bits per heavy atom. The van der Waals surface area contributed by atoms with Crippen LogP contribution in [0.5, 0.6) is 0 Å². The van der Waals surface area contributed by atoms with Crippen molar-refractivity contribution in [2.24, 2.45) is 20.9 Å². The summed E-state index contributed by atoms with van der Waals surface area (Å²) in [4.78, 5) is 13.3. The van der Waals surface area contributed by atoms with Crippen molar-refractivity contribution in [1.82, 2.24) is 10.4 Å². The Morgan fingerprint density at radius 3 is 2.88 bits per heavy atom. The van der Waals surface area contributed by atoms with Gasteiger partial charge in [0.1, 0.15) is 11.9 Å². The van der Waals surface area contributed by atoms with Gasteiger partial charge in [0, 0.05) is 33.4 Å². The number of amidine groups is 1. The molecule has 0 radical (unpaired) electrons. The van der Waals surface area contributed by atoms with Gasteiger partial charge < -0.3 is 5.43 Å². The first-order valence-corrected chi connectivity index (χ1v) is 8.37. The van der Waals surface area contributed by atoms with Crippen LogP contribution in [0.2, 0.25) is 5.02 Å². The highest BCUT2D eigenvalue weighted by atomic mass is 35.5. The zero-order valence-electron chi connectivity index (χ0n) is 13.0. The van der Waals surface area contributed by atoms with E-state index < -0.39 is 11.9 Å². The van der Waals surface area contributed by atoms with Gasteiger partial charge in [-0.05, 0) is 19.1 Å². The van der Waals surface area contributed by atoms with E-state index in [0.29, 0.717) is 27.7 Å². The summed E-state index contributed by atoms with van der Waals surface area (Å²) in [5, 5.41) is 6.08. The minimum absolute atomic E-state index is 0.105. The number of rotatable bonds is 4. The molecule has 25 heavy (non-hydrogen) atoms. The number of hydrazine groups is 1. The van der Waals surface area contributed by atoms with Gasteiger partial charge in [-0.1, -0.05) is 17.7 Å². The highest BCUT2D eigenvalue weighted by Crippen LogP contribution is 2.37. The molecule has 4 N–H and O–H groups in total. The Hall–Kier alpha value is -2.49. The molecular formula is C15H13ClFN7S. The second-order valence-electron chi connectivity index (χ2n) is 5.07. The summed E-state index contributed by atoms with van der Waals surface area (Å²) < 4.78 is 13.4. The van der Waals surface area contributed by atoms with E-state index in [9.17, 15) is 4.39 Å². The van der Waals surface area contributed by atoms with Crippen LogP contribution in [0.4, 0.5) is 4.39 Å². The molecule has 1 aliphatic rings. The van der Waals surface area contributed by atoms with Gasteiger partial charge in [0.2, 0.25) is 0 Å². The van der Waals surface area contributed by atoms with Crippen LogP contribution in [0.15, 0.2) is 56.3 Å². The molecule has 128 valence electrons. The molecule has 0 spiro atoms. The van der Waals surface area contributed by atoms with Crippen molar-refractivity contribution in [3.63, 3.8) is 0 Å². The largest absolute Gasteiger partial charge is 0.307 e. The van der Waals surface area contributed by atoms with Crippen LogP contribution >= 0.6 is 22.9 Å². The number of nitrogens with one attached hydrogen (secondary N) is 2. The van der Waals surface area contributed by atoms with E-state index in [1.807, 2.05) is 5.38 Å². The van der Waals surface area contributed by atoms with Crippen molar-refractivity contribution in [1.29, 1.82) is 5.53 Å². The van der Waals surface area contributed by atoms with Gasteiger partial charge in [-0.2, -0.15) is 0 Å². The molecule has 0 fully saturated rings. The van der Waals surface area contributed by atoms with Crippen LogP contribution in [0.3, 0.4) is 0 Å². The average Bonchev–Trinajstić information content (AvgIpc) is 3.11. The SMILES string of the molecule is CC1=NC(c2nccs2)=NC(c2ccc(F)cc2Cl)C1=C(N=N)NN. The van der Waals surface area contributed by atoms with E-state index >= 15 is 0 Å². The van der Waals surface area contributed by atoms with Crippen molar-refractivity contribution in [2.45, 2.75) is 13.0 Å². The van der Waals surface area contributed by atoms with Crippen LogP contribution in [0.25, 0.3) is 0 Å². The predicted molar refractivity (Wildman–Crippen MR) is 95.4 cm³/mol. The lowest BCUT2D eigenvalue weighted by atomic mass is 9.94. The number of hydrogen-bond donors (Lipinski definition) is 3. The third kappa shape index (κ3) is 3.34. The first-order valence-electron chi connectivity index (χ1n) is 7.11. The second-order valence-corrected chi connectivity index (χ2v) is 6.38. The van der Waals surface area contributed by atoms with E-state index in [0.717, 1.165) is 0 Å². The fourth-order valence-electron chi connectivity index (χ4n) is 2.49. The maximum Gasteiger partial charge on any atom is 0.185 e. The van der Waals surface area contributed by atoms with E-state index in [4.69, 9.17) is 23.0 Å². The monoisotopic (exact) mass is 377 g/mol. The zero-order valence-corrected chi connectivity index (χ0v) is 14.6. The Balaban J connectivity index is 2.22. The van der Waals surface area contributed by atoms with Crippen LogP contribution in [0, 0.1) is 11.3 Å². The number of benzene rings is 1. The van der Waals surface area contributed by atoms with Gasteiger partial charge in [0.25, 0.3) is 0 Å². The third-order valence-electron chi connectivity index (χ3n) is 3.57. The van der Waals surface area contributed by atoms with Crippen LogP contribution in [0.1, 0.15) is 23.5 Å². The maximum atomic E-state index is 13.4. The molecule has 0 aliphatic carbocycles. The molecule has 1 aromatic carbocycles. The highest BCUT2D eigenvalue weighted by molar-refractivity contribution is 7.11. The lowest BCUT2D eigenvalue weighted by Gasteiger charge is -2.24. The first-order chi connectivity index (χ1) is 12.0. The topological polar surface area (TPSA) is 112 Å². The Labute approximate surface area is 151 Å². The fraction of sp³-hybridized carbons (Fsp3) is 0.133. The molecule has 1 unspecified atom stereocenters. The Bertz CT molecular complexity index is 905. The summed E-state index contributed by atoms with van der Waals surface area (Å²) in [5.41, 5.74) is 11.3.